The largest absolute Gasteiger partial charge is 0.380 e. The number of nitrogens with one attached hydrogen (secondary N) is 2. The highest BCUT2D eigenvalue weighted by Gasteiger charge is 2.74. The quantitative estimate of drug-likeness (QED) is 0.781. The summed E-state index contributed by atoms with van der Waals surface area (Å²) in [5, 5.41) is 7.49. The van der Waals surface area contributed by atoms with Gasteiger partial charge in [0.2, 0.25) is 0 Å². The van der Waals surface area contributed by atoms with Gasteiger partial charge in [-0.05, 0) is 56.0 Å². The molecule has 0 amide bonds. The molecule has 0 aromatic rings. The van der Waals surface area contributed by atoms with Gasteiger partial charge in [-0.3, -0.25) is 0 Å². The molecule has 4 unspecified atom stereocenters. The van der Waals surface area contributed by atoms with Crippen molar-refractivity contribution in [1.82, 2.24) is 10.6 Å². The molecule has 0 radical (unpaired) electrons. The van der Waals surface area contributed by atoms with E-state index in [0.717, 1.165) is 38.3 Å². The maximum absolute atomic E-state index is 6.40. The zero-order chi connectivity index (χ0) is 16.6. The Kier molecular flexibility index (Phi) is 3.48. The van der Waals surface area contributed by atoms with Gasteiger partial charge in [0.25, 0.3) is 0 Å². The van der Waals surface area contributed by atoms with Crippen LogP contribution in [-0.2, 0) is 9.47 Å². The molecule has 3 spiro atoms. The molecule has 1 aliphatic carbocycles. The fourth-order valence-corrected chi connectivity index (χ4v) is 9.23. The van der Waals surface area contributed by atoms with Crippen molar-refractivity contribution in [1.29, 1.82) is 0 Å². The maximum atomic E-state index is 6.40. The zero-order valence-corrected chi connectivity index (χ0v) is 16.1. The monoisotopic (exact) mass is 364 g/mol. The average molecular weight is 365 g/mol. The van der Waals surface area contributed by atoms with Crippen LogP contribution in [0.3, 0.4) is 0 Å². The van der Waals surface area contributed by atoms with Gasteiger partial charge in [0.15, 0.2) is 0 Å². The third kappa shape index (κ3) is 1.85. The van der Waals surface area contributed by atoms with E-state index in [1.165, 1.54) is 63.4 Å². The molecule has 4 atom stereocenters. The molecule has 5 saturated heterocycles. The van der Waals surface area contributed by atoms with Crippen LogP contribution in [0.1, 0.15) is 25.7 Å². The minimum atomic E-state index is 0.411. The van der Waals surface area contributed by atoms with Gasteiger partial charge in [-0.1, -0.05) is 0 Å². The summed E-state index contributed by atoms with van der Waals surface area (Å²) in [6.07, 6.45) is 5.53. The Morgan fingerprint density at radius 2 is 1.52 bits per heavy atom. The van der Waals surface area contributed by atoms with E-state index < -0.39 is 0 Å². The van der Waals surface area contributed by atoms with Gasteiger partial charge in [0.1, 0.15) is 0 Å². The van der Waals surface area contributed by atoms with Gasteiger partial charge in [0, 0.05) is 40.8 Å². The summed E-state index contributed by atoms with van der Waals surface area (Å²) in [4.78, 5) is 0. The van der Waals surface area contributed by atoms with Crippen LogP contribution in [0.2, 0.25) is 0 Å². The SMILES string of the molecule is C1CC(C2(C3CCC34COC4)COCC23CSC3)C2(CCNC2)CN1. The number of ether oxygens (including phenoxy) is 2. The van der Waals surface area contributed by atoms with Crippen molar-refractivity contribution in [2.24, 2.45) is 33.5 Å². The molecule has 6 fully saturated rings. The lowest BCUT2D eigenvalue weighted by Crippen LogP contribution is -2.71. The van der Waals surface area contributed by atoms with E-state index in [2.05, 4.69) is 22.4 Å². The minimum absolute atomic E-state index is 0.411. The minimum Gasteiger partial charge on any atom is -0.380 e. The van der Waals surface area contributed by atoms with Gasteiger partial charge in [0.05, 0.1) is 26.4 Å². The lowest BCUT2D eigenvalue weighted by atomic mass is 9.38. The molecular formula is C20H32N2O2S. The van der Waals surface area contributed by atoms with Crippen molar-refractivity contribution < 1.29 is 9.47 Å². The Hall–Kier alpha value is 0.190. The van der Waals surface area contributed by atoms with Crippen LogP contribution in [-0.4, -0.2) is 64.1 Å². The maximum Gasteiger partial charge on any atom is 0.0547 e. The second-order valence-electron chi connectivity index (χ2n) is 10.1. The van der Waals surface area contributed by atoms with Gasteiger partial charge in [-0.2, -0.15) is 11.8 Å². The predicted molar refractivity (Wildman–Crippen MR) is 99.9 cm³/mol. The summed E-state index contributed by atoms with van der Waals surface area (Å²) >= 11 is 2.17. The summed E-state index contributed by atoms with van der Waals surface area (Å²) in [7, 11) is 0. The van der Waals surface area contributed by atoms with Gasteiger partial charge < -0.3 is 20.1 Å². The van der Waals surface area contributed by atoms with Crippen LogP contribution >= 0.6 is 11.8 Å². The second kappa shape index (κ2) is 5.38. The number of piperidine rings is 1. The Morgan fingerprint density at radius 1 is 0.760 bits per heavy atom. The van der Waals surface area contributed by atoms with Gasteiger partial charge in [-0.25, -0.2) is 0 Å². The number of thioether (sulfide) groups is 1. The first-order chi connectivity index (χ1) is 12.3. The Morgan fingerprint density at radius 3 is 2.08 bits per heavy atom. The van der Waals surface area contributed by atoms with E-state index in [-0.39, 0.29) is 0 Å². The fourth-order valence-electron chi connectivity index (χ4n) is 7.83. The third-order valence-electron chi connectivity index (χ3n) is 9.26. The molecule has 0 aromatic carbocycles. The first-order valence-electron chi connectivity index (χ1n) is 10.4. The molecule has 5 heterocycles. The number of rotatable bonds is 2. The lowest BCUT2D eigenvalue weighted by Gasteiger charge is -2.70. The highest BCUT2D eigenvalue weighted by atomic mass is 32.2. The molecule has 4 nitrogen and oxygen atoms in total. The molecular weight excluding hydrogens is 332 g/mol. The number of hydrogen-bond acceptors (Lipinski definition) is 5. The summed E-state index contributed by atoms with van der Waals surface area (Å²) in [5.74, 6) is 4.35. The molecule has 140 valence electrons. The number of hydrogen-bond donors (Lipinski definition) is 2. The fraction of sp³-hybridized carbons (Fsp3) is 1.00. The van der Waals surface area contributed by atoms with E-state index in [1.807, 2.05) is 0 Å². The molecule has 2 N–H and O–H groups in total. The molecule has 6 aliphatic rings. The average Bonchev–Trinajstić information content (AvgIpc) is 3.11. The van der Waals surface area contributed by atoms with Crippen molar-refractivity contribution in [3.8, 4) is 0 Å². The van der Waals surface area contributed by atoms with E-state index in [4.69, 9.17) is 9.47 Å². The summed E-state index contributed by atoms with van der Waals surface area (Å²) < 4.78 is 12.2. The Balaban J connectivity index is 1.46. The lowest BCUT2D eigenvalue weighted by molar-refractivity contribution is -0.260. The van der Waals surface area contributed by atoms with Crippen LogP contribution in [0.4, 0.5) is 0 Å². The second-order valence-corrected chi connectivity index (χ2v) is 11.0. The molecule has 6 rings (SSSR count). The first-order valence-corrected chi connectivity index (χ1v) is 11.6. The zero-order valence-electron chi connectivity index (χ0n) is 15.3. The van der Waals surface area contributed by atoms with Crippen molar-refractivity contribution >= 4 is 11.8 Å². The van der Waals surface area contributed by atoms with Crippen molar-refractivity contribution in [2.45, 2.75) is 25.7 Å². The molecule has 5 heteroatoms. The van der Waals surface area contributed by atoms with Gasteiger partial charge >= 0.3 is 0 Å². The topological polar surface area (TPSA) is 42.5 Å². The van der Waals surface area contributed by atoms with Crippen molar-refractivity contribution in [3.05, 3.63) is 0 Å². The summed E-state index contributed by atoms with van der Waals surface area (Å²) in [6.45, 7) is 8.95. The van der Waals surface area contributed by atoms with Crippen molar-refractivity contribution in [3.63, 3.8) is 0 Å². The van der Waals surface area contributed by atoms with Crippen molar-refractivity contribution in [2.75, 3.05) is 64.1 Å². The Bertz CT molecular complexity index is 550. The molecule has 0 bridgehead atoms. The summed E-state index contributed by atoms with van der Waals surface area (Å²) in [5.41, 5.74) is 1.84. The molecule has 0 aromatic heterocycles. The van der Waals surface area contributed by atoms with Crippen LogP contribution < -0.4 is 10.6 Å². The Labute approximate surface area is 155 Å². The predicted octanol–water partition coefficient (Wildman–Crippen LogP) is 1.75. The summed E-state index contributed by atoms with van der Waals surface area (Å²) in [6, 6.07) is 0. The van der Waals surface area contributed by atoms with Crippen LogP contribution in [0.25, 0.3) is 0 Å². The van der Waals surface area contributed by atoms with Crippen LogP contribution in [0, 0.1) is 33.5 Å². The highest BCUT2D eigenvalue weighted by Crippen LogP contribution is 2.73. The molecule has 1 saturated carbocycles. The smallest absolute Gasteiger partial charge is 0.0547 e. The highest BCUT2D eigenvalue weighted by molar-refractivity contribution is 8.00. The van der Waals surface area contributed by atoms with Crippen LogP contribution in [0.15, 0.2) is 0 Å². The molecule has 5 aliphatic heterocycles. The van der Waals surface area contributed by atoms with E-state index in [0.29, 0.717) is 21.7 Å². The standard InChI is InChI=1S/C20H32N2O2S/c1-3-18(9-23-10-18)15(1)20(12-24-11-19(20)13-25-14-19)16-2-5-21-7-17(16)4-6-22-8-17/h15-16,21-22H,1-14H2. The van der Waals surface area contributed by atoms with E-state index >= 15 is 0 Å². The van der Waals surface area contributed by atoms with Crippen LogP contribution in [0.5, 0.6) is 0 Å². The third-order valence-corrected chi connectivity index (χ3v) is 10.8. The van der Waals surface area contributed by atoms with E-state index in [9.17, 15) is 0 Å². The molecule has 25 heavy (non-hydrogen) atoms. The van der Waals surface area contributed by atoms with Gasteiger partial charge in [-0.15, -0.1) is 0 Å². The van der Waals surface area contributed by atoms with E-state index in [1.54, 1.807) is 0 Å². The normalized spacial score (nSPS) is 49.9. The first kappa shape index (κ1) is 16.2.